The Hall–Kier alpha value is -0.870. The van der Waals surface area contributed by atoms with Crippen LogP contribution >= 0.6 is 23.4 Å². The number of thioether (sulfide) groups is 1. The van der Waals surface area contributed by atoms with E-state index in [-0.39, 0.29) is 0 Å². The summed E-state index contributed by atoms with van der Waals surface area (Å²) in [5, 5.41) is 1.19. The molecule has 0 atom stereocenters. The molecule has 0 saturated carbocycles. The van der Waals surface area contributed by atoms with Crippen molar-refractivity contribution in [1.82, 2.24) is 0 Å². The molecule has 0 saturated heterocycles. The molecule has 82 valence electrons. The van der Waals surface area contributed by atoms with Crippen LogP contribution in [-0.4, -0.2) is 24.6 Å². The minimum absolute atomic E-state index is 0.560. The smallest absolute Gasteiger partial charge is 0.153 e. The second-order valence-corrected chi connectivity index (χ2v) is 4.21. The van der Waals surface area contributed by atoms with Crippen LogP contribution in [0, 0.1) is 0 Å². The zero-order valence-electron chi connectivity index (χ0n) is 8.44. The van der Waals surface area contributed by atoms with Crippen molar-refractivity contribution in [2.24, 2.45) is 10.7 Å². The van der Waals surface area contributed by atoms with Crippen LogP contribution in [0.2, 0.25) is 5.02 Å². The van der Waals surface area contributed by atoms with Gasteiger partial charge >= 0.3 is 0 Å². The molecule has 0 heterocycles. The minimum Gasteiger partial charge on any atom is -0.491 e. The molecule has 0 aromatic heterocycles. The number of hydrogen-bond acceptors (Lipinski definition) is 3. The SMILES string of the molecule is CN=C(N)SCCOc1ccccc1Cl. The minimum atomic E-state index is 0.560. The quantitative estimate of drug-likeness (QED) is 0.503. The third kappa shape index (κ3) is 4.44. The van der Waals surface area contributed by atoms with Gasteiger partial charge in [-0.3, -0.25) is 4.99 Å². The van der Waals surface area contributed by atoms with Crippen molar-refractivity contribution < 1.29 is 4.74 Å². The molecule has 0 unspecified atom stereocenters. The van der Waals surface area contributed by atoms with Crippen molar-refractivity contribution in [2.75, 3.05) is 19.4 Å². The van der Waals surface area contributed by atoms with E-state index >= 15 is 0 Å². The zero-order valence-corrected chi connectivity index (χ0v) is 10.0. The summed E-state index contributed by atoms with van der Waals surface area (Å²) >= 11 is 7.37. The Labute approximate surface area is 98.7 Å². The molecular weight excluding hydrogens is 232 g/mol. The maximum absolute atomic E-state index is 5.91. The van der Waals surface area contributed by atoms with Gasteiger partial charge in [-0.2, -0.15) is 0 Å². The Morgan fingerprint density at radius 3 is 2.93 bits per heavy atom. The Balaban J connectivity index is 2.29. The van der Waals surface area contributed by atoms with Gasteiger partial charge < -0.3 is 10.5 Å². The van der Waals surface area contributed by atoms with Gasteiger partial charge in [-0.05, 0) is 12.1 Å². The van der Waals surface area contributed by atoms with Gasteiger partial charge in [-0.25, -0.2) is 0 Å². The number of para-hydroxylation sites is 1. The van der Waals surface area contributed by atoms with Gasteiger partial charge in [-0.15, -0.1) is 0 Å². The molecule has 0 aliphatic carbocycles. The largest absolute Gasteiger partial charge is 0.491 e. The molecule has 2 N–H and O–H groups in total. The number of aliphatic imine (C=N–C) groups is 1. The average Bonchev–Trinajstić information content (AvgIpc) is 2.26. The zero-order chi connectivity index (χ0) is 11.1. The van der Waals surface area contributed by atoms with Crippen molar-refractivity contribution in [3.63, 3.8) is 0 Å². The van der Waals surface area contributed by atoms with Gasteiger partial charge in [0.2, 0.25) is 0 Å². The topological polar surface area (TPSA) is 47.6 Å². The third-order valence-corrected chi connectivity index (χ3v) is 2.81. The van der Waals surface area contributed by atoms with Gasteiger partial charge in [0.15, 0.2) is 5.17 Å². The summed E-state index contributed by atoms with van der Waals surface area (Å²) in [5.41, 5.74) is 5.51. The molecular formula is C10H13ClN2OS. The molecule has 1 aromatic carbocycles. The lowest BCUT2D eigenvalue weighted by Crippen LogP contribution is -2.10. The van der Waals surface area contributed by atoms with Crippen molar-refractivity contribution in [3.8, 4) is 5.75 Å². The summed E-state index contributed by atoms with van der Waals surface area (Å²) < 4.78 is 5.47. The van der Waals surface area contributed by atoms with E-state index in [2.05, 4.69) is 4.99 Å². The monoisotopic (exact) mass is 244 g/mol. The van der Waals surface area contributed by atoms with E-state index in [0.717, 1.165) is 5.75 Å². The molecule has 1 rings (SSSR count). The number of halogens is 1. The number of benzene rings is 1. The standard InChI is InChI=1S/C10H13ClN2OS/c1-13-10(12)15-7-6-14-9-5-3-2-4-8(9)11/h2-5H,6-7H2,1H3,(H2,12,13). The normalized spacial score (nSPS) is 11.5. The van der Waals surface area contributed by atoms with Crippen LogP contribution in [0.5, 0.6) is 5.75 Å². The van der Waals surface area contributed by atoms with E-state index < -0.39 is 0 Å². The molecule has 5 heteroatoms. The fraction of sp³-hybridized carbons (Fsp3) is 0.300. The fourth-order valence-corrected chi connectivity index (χ4v) is 1.62. The van der Waals surface area contributed by atoms with Gasteiger partial charge in [0.05, 0.1) is 11.6 Å². The van der Waals surface area contributed by atoms with Crippen LogP contribution in [0.3, 0.4) is 0 Å². The van der Waals surface area contributed by atoms with E-state index in [1.54, 1.807) is 13.1 Å². The second-order valence-electron chi connectivity index (χ2n) is 2.69. The van der Waals surface area contributed by atoms with Crippen molar-refractivity contribution in [2.45, 2.75) is 0 Å². The Morgan fingerprint density at radius 1 is 1.53 bits per heavy atom. The first-order chi connectivity index (χ1) is 7.24. The summed E-state index contributed by atoms with van der Waals surface area (Å²) in [6, 6.07) is 7.39. The molecule has 3 nitrogen and oxygen atoms in total. The van der Waals surface area contributed by atoms with Crippen LogP contribution in [0.15, 0.2) is 29.3 Å². The van der Waals surface area contributed by atoms with Crippen molar-refractivity contribution in [3.05, 3.63) is 29.3 Å². The van der Waals surface area contributed by atoms with E-state index in [0.29, 0.717) is 22.5 Å². The molecule has 0 fully saturated rings. The van der Waals surface area contributed by atoms with E-state index in [1.165, 1.54) is 11.8 Å². The first-order valence-corrected chi connectivity index (χ1v) is 5.82. The highest BCUT2D eigenvalue weighted by molar-refractivity contribution is 8.13. The highest BCUT2D eigenvalue weighted by Crippen LogP contribution is 2.23. The van der Waals surface area contributed by atoms with Crippen LogP contribution in [0.4, 0.5) is 0 Å². The van der Waals surface area contributed by atoms with Crippen LogP contribution in [0.1, 0.15) is 0 Å². The lowest BCUT2D eigenvalue weighted by molar-refractivity contribution is 0.344. The number of ether oxygens (including phenoxy) is 1. The number of nitrogens with two attached hydrogens (primary N) is 1. The average molecular weight is 245 g/mol. The highest BCUT2D eigenvalue weighted by Gasteiger charge is 1.99. The van der Waals surface area contributed by atoms with Crippen LogP contribution in [0.25, 0.3) is 0 Å². The number of hydrogen-bond donors (Lipinski definition) is 1. The number of rotatable bonds is 4. The van der Waals surface area contributed by atoms with Crippen molar-refractivity contribution in [1.29, 1.82) is 0 Å². The highest BCUT2D eigenvalue weighted by atomic mass is 35.5. The molecule has 1 aromatic rings. The summed E-state index contributed by atoms with van der Waals surface area (Å²) in [6.45, 7) is 0.560. The first-order valence-electron chi connectivity index (χ1n) is 4.46. The van der Waals surface area contributed by atoms with Gasteiger partial charge in [0.25, 0.3) is 0 Å². The molecule has 0 bridgehead atoms. The van der Waals surface area contributed by atoms with Gasteiger partial charge in [0.1, 0.15) is 5.75 Å². The van der Waals surface area contributed by atoms with Crippen LogP contribution < -0.4 is 10.5 Å². The Kier molecular flexibility index (Phi) is 5.36. The maximum Gasteiger partial charge on any atom is 0.153 e. The van der Waals surface area contributed by atoms with Gasteiger partial charge in [-0.1, -0.05) is 35.5 Å². The Bertz CT molecular complexity index is 344. The molecule has 0 amide bonds. The molecule has 0 aliphatic rings. The van der Waals surface area contributed by atoms with E-state index in [9.17, 15) is 0 Å². The summed E-state index contributed by atoms with van der Waals surface area (Å²) in [5.74, 6) is 1.46. The first kappa shape index (κ1) is 12.2. The van der Waals surface area contributed by atoms with Crippen LogP contribution in [-0.2, 0) is 0 Å². The van der Waals surface area contributed by atoms with Crippen molar-refractivity contribution >= 4 is 28.5 Å². The lowest BCUT2D eigenvalue weighted by Gasteiger charge is -2.06. The molecule has 0 aliphatic heterocycles. The lowest BCUT2D eigenvalue weighted by atomic mass is 10.3. The fourth-order valence-electron chi connectivity index (χ4n) is 0.924. The number of nitrogens with zero attached hydrogens (tertiary/aromatic N) is 1. The maximum atomic E-state index is 5.91. The Morgan fingerprint density at radius 2 is 2.27 bits per heavy atom. The van der Waals surface area contributed by atoms with E-state index in [1.807, 2.05) is 18.2 Å². The third-order valence-electron chi connectivity index (χ3n) is 1.65. The molecule has 0 radical (unpaired) electrons. The van der Waals surface area contributed by atoms with Gasteiger partial charge in [0, 0.05) is 12.8 Å². The predicted molar refractivity (Wildman–Crippen MR) is 67.0 cm³/mol. The summed E-state index contributed by atoms with van der Waals surface area (Å²) in [7, 11) is 1.66. The summed E-state index contributed by atoms with van der Waals surface area (Å²) in [6.07, 6.45) is 0. The summed E-state index contributed by atoms with van der Waals surface area (Å²) in [4.78, 5) is 3.83. The second kappa shape index (κ2) is 6.58. The van der Waals surface area contributed by atoms with E-state index in [4.69, 9.17) is 22.1 Å². The molecule has 0 spiro atoms. The number of amidine groups is 1. The molecule has 15 heavy (non-hydrogen) atoms. The predicted octanol–water partition coefficient (Wildman–Crippen LogP) is 2.40.